The van der Waals surface area contributed by atoms with Crippen LogP contribution in [0.15, 0.2) is 54.6 Å². The normalized spacial score (nSPS) is 16.0. The quantitative estimate of drug-likeness (QED) is 0.771. The Kier molecular flexibility index (Phi) is 4.73. The fraction of sp³-hybridized carbons (Fsp3) is 0.238. The van der Waals surface area contributed by atoms with Crippen molar-refractivity contribution in [1.29, 1.82) is 0 Å². The Labute approximate surface area is 156 Å². The van der Waals surface area contributed by atoms with Gasteiger partial charge >= 0.3 is 0 Å². The van der Waals surface area contributed by atoms with Gasteiger partial charge in [0.25, 0.3) is 5.91 Å². The van der Waals surface area contributed by atoms with Crippen LogP contribution in [-0.4, -0.2) is 40.7 Å². The lowest BCUT2D eigenvalue weighted by atomic mass is 9.99. The van der Waals surface area contributed by atoms with Crippen LogP contribution in [-0.2, 0) is 17.8 Å². The minimum atomic E-state index is -0.306. The summed E-state index contributed by atoms with van der Waals surface area (Å²) in [6.07, 6.45) is 0.755. The number of hydrogen-bond acceptors (Lipinski definition) is 3. The number of amides is 1. The number of rotatable bonds is 4. The van der Waals surface area contributed by atoms with Crippen LogP contribution >= 0.6 is 0 Å². The van der Waals surface area contributed by atoms with Gasteiger partial charge in [-0.2, -0.15) is 5.10 Å². The lowest BCUT2D eigenvalue weighted by Gasteiger charge is -2.28. The first-order valence-corrected chi connectivity index (χ1v) is 8.85. The van der Waals surface area contributed by atoms with Gasteiger partial charge in [0.15, 0.2) is 0 Å². The van der Waals surface area contributed by atoms with E-state index in [4.69, 9.17) is 4.74 Å². The lowest BCUT2D eigenvalue weighted by Crippen LogP contribution is -2.38. The average molecular weight is 365 g/mol. The zero-order chi connectivity index (χ0) is 18.8. The number of H-pyrrole nitrogens is 1. The second kappa shape index (κ2) is 7.32. The largest absolute Gasteiger partial charge is 0.371 e. The monoisotopic (exact) mass is 365 g/mol. The maximum atomic E-state index is 13.1. The number of nitrogens with one attached hydrogen (secondary N) is 1. The van der Waals surface area contributed by atoms with E-state index < -0.39 is 0 Å². The number of hydrogen-bond donors (Lipinski definition) is 1. The summed E-state index contributed by atoms with van der Waals surface area (Å²) in [5, 5.41) is 6.95. The number of carbonyl (C=O) groups excluding carboxylic acids is 1. The van der Waals surface area contributed by atoms with Gasteiger partial charge < -0.3 is 9.64 Å². The molecule has 1 amide bonds. The molecule has 2 aromatic carbocycles. The Morgan fingerprint density at radius 2 is 1.96 bits per heavy atom. The number of nitrogens with zero attached hydrogens (tertiary/aromatic N) is 2. The van der Waals surface area contributed by atoms with Crippen LogP contribution in [0.25, 0.3) is 11.3 Å². The molecule has 1 aliphatic heterocycles. The SMILES string of the molecule is CN(CC1Cc2ccccc2CO1)C(=O)c1cc(-c2ccc(F)cc2)n[nH]1. The number of ether oxygens (including phenoxy) is 1. The predicted molar refractivity (Wildman–Crippen MR) is 99.7 cm³/mol. The predicted octanol–water partition coefficient (Wildman–Crippen LogP) is 3.43. The van der Waals surface area contributed by atoms with E-state index in [9.17, 15) is 9.18 Å². The third-order valence-electron chi connectivity index (χ3n) is 4.81. The number of halogens is 1. The summed E-state index contributed by atoms with van der Waals surface area (Å²) in [7, 11) is 1.75. The van der Waals surface area contributed by atoms with E-state index in [1.165, 1.54) is 23.3 Å². The summed E-state index contributed by atoms with van der Waals surface area (Å²) in [6.45, 7) is 1.07. The van der Waals surface area contributed by atoms with Gasteiger partial charge in [0.05, 0.1) is 18.4 Å². The summed E-state index contributed by atoms with van der Waals surface area (Å²) in [6, 6.07) is 15.9. The van der Waals surface area contributed by atoms with Crippen LogP contribution in [0.5, 0.6) is 0 Å². The molecule has 0 bridgehead atoms. The van der Waals surface area contributed by atoms with Gasteiger partial charge in [-0.15, -0.1) is 0 Å². The molecule has 6 heteroatoms. The van der Waals surface area contributed by atoms with E-state index in [0.717, 1.165) is 12.0 Å². The molecule has 0 spiro atoms. The highest BCUT2D eigenvalue weighted by Crippen LogP contribution is 2.22. The Bertz CT molecular complexity index is 952. The standard InChI is InChI=1S/C21H20FN3O2/c1-25(12-18-10-15-4-2-3-5-16(15)13-27-18)21(26)20-11-19(23-24-20)14-6-8-17(22)9-7-14/h2-9,11,18H,10,12-13H2,1H3,(H,23,24). The lowest BCUT2D eigenvalue weighted by molar-refractivity contribution is 0.00972. The summed E-state index contributed by atoms with van der Waals surface area (Å²) in [5.41, 5.74) is 4.24. The highest BCUT2D eigenvalue weighted by molar-refractivity contribution is 5.93. The molecule has 1 aromatic heterocycles. The highest BCUT2D eigenvalue weighted by Gasteiger charge is 2.23. The topological polar surface area (TPSA) is 58.2 Å². The maximum absolute atomic E-state index is 13.1. The minimum Gasteiger partial charge on any atom is -0.371 e. The Morgan fingerprint density at radius 3 is 2.74 bits per heavy atom. The number of likely N-dealkylation sites (N-methyl/N-ethyl adjacent to an activating group) is 1. The molecule has 1 unspecified atom stereocenters. The third kappa shape index (κ3) is 3.75. The molecule has 4 rings (SSSR count). The second-order valence-electron chi connectivity index (χ2n) is 6.77. The zero-order valence-electron chi connectivity index (χ0n) is 15.0. The van der Waals surface area contributed by atoms with E-state index in [0.29, 0.717) is 24.5 Å². The average Bonchev–Trinajstić information content (AvgIpc) is 3.18. The molecular weight excluding hydrogens is 345 g/mol. The van der Waals surface area contributed by atoms with Crippen LogP contribution in [0.4, 0.5) is 4.39 Å². The first kappa shape index (κ1) is 17.4. The number of aromatic nitrogens is 2. The Hall–Kier alpha value is -2.99. The van der Waals surface area contributed by atoms with Crippen LogP contribution in [0.2, 0.25) is 0 Å². The van der Waals surface area contributed by atoms with Crippen molar-refractivity contribution in [3.05, 3.63) is 77.2 Å². The van der Waals surface area contributed by atoms with Crippen molar-refractivity contribution in [1.82, 2.24) is 15.1 Å². The maximum Gasteiger partial charge on any atom is 0.271 e. The van der Waals surface area contributed by atoms with E-state index in [1.807, 2.05) is 12.1 Å². The molecule has 0 saturated heterocycles. The van der Waals surface area contributed by atoms with Gasteiger partial charge in [-0.3, -0.25) is 9.89 Å². The van der Waals surface area contributed by atoms with Crippen molar-refractivity contribution in [3.8, 4) is 11.3 Å². The molecule has 0 fully saturated rings. The fourth-order valence-corrected chi connectivity index (χ4v) is 3.32. The highest BCUT2D eigenvalue weighted by atomic mass is 19.1. The second-order valence-corrected chi connectivity index (χ2v) is 6.77. The van der Waals surface area contributed by atoms with Gasteiger partial charge in [0.2, 0.25) is 0 Å². The molecule has 0 saturated carbocycles. The number of benzene rings is 2. The van der Waals surface area contributed by atoms with Gasteiger partial charge in [-0.25, -0.2) is 4.39 Å². The third-order valence-corrected chi connectivity index (χ3v) is 4.81. The molecular formula is C21H20FN3O2. The molecule has 138 valence electrons. The van der Waals surface area contributed by atoms with Gasteiger partial charge in [0.1, 0.15) is 11.5 Å². The van der Waals surface area contributed by atoms with E-state index in [-0.39, 0.29) is 17.8 Å². The smallest absolute Gasteiger partial charge is 0.271 e. The van der Waals surface area contributed by atoms with Crippen LogP contribution in [0, 0.1) is 5.82 Å². The molecule has 2 heterocycles. The van der Waals surface area contributed by atoms with Crippen molar-refractivity contribution < 1.29 is 13.9 Å². The van der Waals surface area contributed by atoms with Gasteiger partial charge in [-0.05, 0) is 41.5 Å². The fourth-order valence-electron chi connectivity index (χ4n) is 3.32. The van der Waals surface area contributed by atoms with Crippen molar-refractivity contribution in [3.63, 3.8) is 0 Å². The summed E-state index contributed by atoms with van der Waals surface area (Å²) < 4.78 is 18.9. The van der Waals surface area contributed by atoms with Crippen molar-refractivity contribution in [2.45, 2.75) is 19.1 Å². The number of fused-ring (bicyclic) bond motifs is 1. The molecule has 3 aromatic rings. The Balaban J connectivity index is 1.42. The molecule has 0 radical (unpaired) electrons. The minimum absolute atomic E-state index is 0.0339. The summed E-state index contributed by atoms with van der Waals surface area (Å²) in [5.74, 6) is -0.460. The first-order chi connectivity index (χ1) is 13.1. The van der Waals surface area contributed by atoms with Crippen molar-refractivity contribution in [2.24, 2.45) is 0 Å². The number of aromatic amines is 1. The van der Waals surface area contributed by atoms with Gasteiger partial charge in [-0.1, -0.05) is 24.3 Å². The molecule has 1 N–H and O–H groups in total. The zero-order valence-corrected chi connectivity index (χ0v) is 15.0. The summed E-state index contributed by atoms with van der Waals surface area (Å²) >= 11 is 0. The van der Waals surface area contributed by atoms with Crippen LogP contribution in [0.3, 0.4) is 0 Å². The van der Waals surface area contributed by atoms with Gasteiger partial charge in [0, 0.05) is 25.6 Å². The van der Waals surface area contributed by atoms with Crippen LogP contribution in [0.1, 0.15) is 21.6 Å². The molecule has 1 aliphatic rings. The van der Waals surface area contributed by atoms with Crippen molar-refractivity contribution >= 4 is 5.91 Å². The molecule has 0 aliphatic carbocycles. The first-order valence-electron chi connectivity index (χ1n) is 8.85. The molecule has 1 atom stereocenters. The Morgan fingerprint density at radius 1 is 1.22 bits per heavy atom. The van der Waals surface area contributed by atoms with Crippen LogP contribution < -0.4 is 0 Å². The van der Waals surface area contributed by atoms with Crippen molar-refractivity contribution in [2.75, 3.05) is 13.6 Å². The molecule has 27 heavy (non-hydrogen) atoms. The van der Waals surface area contributed by atoms with E-state index >= 15 is 0 Å². The molecule has 5 nitrogen and oxygen atoms in total. The number of carbonyl (C=O) groups is 1. The summed E-state index contributed by atoms with van der Waals surface area (Å²) in [4.78, 5) is 14.3. The van der Waals surface area contributed by atoms with E-state index in [2.05, 4.69) is 22.3 Å². The van der Waals surface area contributed by atoms with E-state index in [1.54, 1.807) is 30.1 Å².